The molecule has 1 rings (SSSR count). The number of hydrogen-bond donors (Lipinski definition) is 1. The van der Waals surface area contributed by atoms with E-state index in [2.05, 4.69) is 0 Å². The molecule has 0 fully saturated rings. The predicted octanol–water partition coefficient (Wildman–Crippen LogP) is 3.26. The summed E-state index contributed by atoms with van der Waals surface area (Å²) < 4.78 is 5.13. The van der Waals surface area contributed by atoms with Crippen LogP contribution in [0.25, 0.3) is 0 Å². The molecular weight excluding hydrogens is 164 g/mol. The summed E-state index contributed by atoms with van der Waals surface area (Å²) in [5, 5.41) is 9.27. The average Bonchev–Trinajstić information content (AvgIpc) is 2.16. The highest BCUT2D eigenvalue weighted by Gasteiger charge is 1.94. The van der Waals surface area contributed by atoms with Gasteiger partial charge in [0.2, 0.25) is 0 Å². The zero-order chi connectivity index (χ0) is 9.52. The maximum absolute atomic E-state index is 9.27. The van der Waals surface area contributed by atoms with Gasteiger partial charge in [0.05, 0.1) is 0 Å². The van der Waals surface area contributed by atoms with Crippen molar-refractivity contribution in [1.29, 1.82) is 0 Å². The van der Waals surface area contributed by atoms with Gasteiger partial charge in [0, 0.05) is 0 Å². The lowest BCUT2D eigenvalue weighted by molar-refractivity contribution is 0.206. The molecule has 2 nitrogen and oxygen atoms in total. The van der Waals surface area contributed by atoms with Gasteiger partial charge in [0.1, 0.15) is 5.75 Å². The van der Waals surface area contributed by atoms with Gasteiger partial charge in [-0.1, -0.05) is 31.5 Å². The van der Waals surface area contributed by atoms with E-state index in [1.807, 2.05) is 25.1 Å². The smallest absolute Gasteiger partial charge is 0.277 e. The van der Waals surface area contributed by atoms with Crippen LogP contribution in [0.5, 0.6) is 5.75 Å². The van der Waals surface area contributed by atoms with E-state index in [1.54, 1.807) is 18.2 Å². The Bertz CT molecular complexity index is 265. The molecule has 0 aromatic heterocycles. The summed E-state index contributed by atoms with van der Waals surface area (Å²) in [6, 6.07) is 9.23. The van der Waals surface area contributed by atoms with E-state index in [9.17, 15) is 5.11 Å². The third kappa shape index (κ3) is 3.65. The number of aliphatic hydroxyl groups excluding tert-OH is 1. The number of para-hydroxylation sites is 1. The number of ether oxygens (including phenoxy) is 1. The van der Waals surface area contributed by atoms with Crippen molar-refractivity contribution >= 4 is 0 Å². The number of unbranched alkanes of at least 4 members (excludes halogenated alkanes) is 1. The van der Waals surface area contributed by atoms with Crippen LogP contribution in [0.3, 0.4) is 0 Å². The lowest BCUT2D eigenvalue weighted by Gasteiger charge is -2.02. The van der Waals surface area contributed by atoms with Gasteiger partial charge in [-0.3, -0.25) is 0 Å². The van der Waals surface area contributed by atoms with Crippen LogP contribution in [0.15, 0.2) is 42.4 Å². The quantitative estimate of drug-likeness (QED) is 0.717. The summed E-state index contributed by atoms with van der Waals surface area (Å²) in [5.41, 5.74) is 0. The van der Waals surface area contributed by atoms with Crippen molar-refractivity contribution in [3.63, 3.8) is 0 Å². The Morgan fingerprint density at radius 1 is 1.38 bits per heavy atom. The molecule has 0 saturated heterocycles. The third-order valence-electron chi connectivity index (χ3n) is 1.57. The molecule has 0 bridgehead atoms. The second kappa shape index (κ2) is 5.25. The van der Waals surface area contributed by atoms with Crippen LogP contribution in [0, 0.1) is 0 Å². The molecule has 1 aromatic carbocycles. The first-order valence-corrected chi connectivity index (χ1v) is 4.45. The van der Waals surface area contributed by atoms with Crippen LogP contribution < -0.4 is 4.74 Å². The summed E-state index contributed by atoms with van der Waals surface area (Å²) >= 11 is 0. The highest BCUT2D eigenvalue weighted by atomic mass is 16.6. The van der Waals surface area contributed by atoms with Crippen molar-refractivity contribution in [2.75, 3.05) is 0 Å². The summed E-state index contributed by atoms with van der Waals surface area (Å²) in [7, 11) is 0. The lowest BCUT2D eigenvalue weighted by atomic mass is 10.3. The van der Waals surface area contributed by atoms with Gasteiger partial charge < -0.3 is 9.84 Å². The molecule has 1 aromatic rings. The molecule has 13 heavy (non-hydrogen) atoms. The monoisotopic (exact) mass is 178 g/mol. The second-order valence-corrected chi connectivity index (χ2v) is 2.75. The number of allylic oxidation sites excluding steroid dienone is 1. The maximum atomic E-state index is 9.27. The highest BCUT2D eigenvalue weighted by molar-refractivity contribution is 5.22. The molecule has 0 amide bonds. The first-order valence-electron chi connectivity index (χ1n) is 4.45. The minimum Gasteiger partial charge on any atom is -0.481 e. The van der Waals surface area contributed by atoms with Gasteiger partial charge in [-0.25, -0.2) is 0 Å². The summed E-state index contributed by atoms with van der Waals surface area (Å²) in [6.45, 7) is 2.05. The molecule has 0 unspecified atom stereocenters. The Morgan fingerprint density at radius 2 is 2.08 bits per heavy atom. The van der Waals surface area contributed by atoms with Crippen molar-refractivity contribution in [2.24, 2.45) is 0 Å². The summed E-state index contributed by atoms with van der Waals surface area (Å²) in [5.74, 6) is 0.639. The van der Waals surface area contributed by atoms with Crippen molar-refractivity contribution in [3.8, 4) is 5.75 Å². The number of hydrogen-bond acceptors (Lipinski definition) is 2. The molecule has 0 spiro atoms. The van der Waals surface area contributed by atoms with Crippen molar-refractivity contribution < 1.29 is 9.84 Å². The lowest BCUT2D eigenvalue weighted by Crippen LogP contribution is -1.93. The van der Waals surface area contributed by atoms with Crippen molar-refractivity contribution in [2.45, 2.75) is 19.8 Å². The van der Waals surface area contributed by atoms with Crippen molar-refractivity contribution in [1.82, 2.24) is 0 Å². The molecule has 0 aliphatic rings. The zero-order valence-corrected chi connectivity index (χ0v) is 7.73. The van der Waals surface area contributed by atoms with E-state index in [1.165, 1.54) is 0 Å². The fourth-order valence-corrected chi connectivity index (χ4v) is 0.919. The third-order valence-corrected chi connectivity index (χ3v) is 1.57. The van der Waals surface area contributed by atoms with Gasteiger partial charge in [-0.2, -0.15) is 0 Å². The largest absolute Gasteiger partial charge is 0.481 e. The number of benzene rings is 1. The Balaban J connectivity index is 2.50. The predicted molar refractivity (Wildman–Crippen MR) is 52.7 cm³/mol. The van der Waals surface area contributed by atoms with Crippen LogP contribution >= 0.6 is 0 Å². The minimum atomic E-state index is -0.0203. The van der Waals surface area contributed by atoms with Crippen LogP contribution in [-0.2, 0) is 0 Å². The average molecular weight is 178 g/mol. The molecular formula is C11H14O2. The normalized spacial score (nSPS) is 11.3. The molecule has 0 aliphatic heterocycles. The molecule has 0 heterocycles. The van der Waals surface area contributed by atoms with Crippen molar-refractivity contribution in [3.05, 3.63) is 42.4 Å². The fourth-order valence-electron chi connectivity index (χ4n) is 0.919. The van der Waals surface area contributed by atoms with Gasteiger partial charge in [-0.15, -0.1) is 0 Å². The number of rotatable bonds is 4. The van der Waals surface area contributed by atoms with E-state index in [0.29, 0.717) is 5.75 Å². The van der Waals surface area contributed by atoms with Crippen LogP contribution in [0.2, 0.25) is 0 Å². The standard InChI is InChI=1S/C11H14O2/c1-2-3-9-11(12)13-10-7-5-4-6-8-10/h4-9,12H,2-3H2,1H3/b11-9-. The Kier molecular flexibility index (Phi) is 3.89. The van der Waals surface area contributed by atoms with E-state index in [0.717, 1.165) is 12.8 Å². The van der Waals surface area contributed by atoms with Crippen LogP contribution in [-0.4, -0.2) is 5.11 Å². The van der Waals surface area contributed by atoms with Gasteiger partial charge >= 0.3 is 0 Å². The Morgan fingerprint density at radius 3 is 2.69 bits per heavy atom. The Labute approximate surface area is 78.5 Å². The summed E-state index contributed by atoms with van der Waals surface area (Å²) in [6.07, 6.45) is 3.51. The molecule has 0 radical (unpaired) electrons. The maximum Gasteiger partial charge on any atom is 0.277 e. The number of aliphatic hydroxyl groups is 1. The molecule has 0 atom stereocenters. The van der Waals surface area contributed by atoms with E-state index < -0.39 is 0 Å². The SMILES string of the molecule is CCC/C=C(/O)Oc1ccccc1. The molecule has 2 heteroatoms. The van der Waals surface area contributed by atoms with Gasteiger partial charge in [0.15, 0.2) is 0 Å². The van der Waals surface area contributed by atoms with E-state index in [4.69, 9.17) is 4.74 Å². The van der Waals surface area contributed by atoms with Gasteiger partial charge in [-0.05, 0) is 24.6 Å². The zero-order valence-electron chi connectivity index (χ0n) is 7.73. The highest BCUT2D eigenvalue weighted by Crippen LogP contribution is 2.11. The topological polar surface area (TPSA) is 29.5 Å². The van der Waals surface area contributed by atoms with E-state index in [-0.39, 0.29) is 5.95 Å². The summed E-state index contributed by atoms with van der Waals surface area (Å²) in [4.78, 5) is 0. The molecule has 70 valence electrons. The molecule has 0 aliphatic carbocycles. The second-order valence-electron chi connectivity index (χ2n) is 2.75. The molecule has 0 saturated carbocycles. The van der Waals surface area contributed by atoms with Crippen LogP contribution in [0.1, 0.15) is 19.8 Å². The fraction of sp³-hybridized carbons (Fsp3) is 0.273. The van der Waals surface area contributed by atoms with Crippen LogP contribution in [0.4, 0.5) is 0 Å². The first kappa shape index (κ1) is 9.65. The molecule has 1 N–H and O–H groups in total. The first-order chi connectivity index (χ1) is 6.33. The Hall–Kier alpha value is -1.44. The minimum absolute atomic E-state index is 0.0203. The van der Waals surface area contributed by atoms with Gasteiger partial charge in [0.25, 0.3) is 5.95 Å². The van der Waals surface area contributed by atoms with E-state index >= 15 is 0 Å².